The average Bonchev–Trinajstić information content (AvgIpc) is 2.76. The third kappa shape index (κ3) is 2.78. The molecule has 5 heteroatoms. The molecule has 0 bridgehead atoms. The van der Waals surface area contributed by atoms with Crippen LogP contribution in [0.25, 0.3) is 0 Å². The van der Waals surface area contributed by atoms with Gasteiger partial charge in [0.15, 0.2) is 5.78 Å². The Kier molecular flexibility index (Phi) is 3.79. The highest BCUT2D eigenvalue weighted by molar-refractivity contribution is 7.18. The van der Waals surface area contributed by atoms with Gasteiger partial charge in [0.1, 0.15) is 0 Å². The number of halogens is 1. The predicted octanol–water partition coefficient (Wildman–Crippen LogP) is 3.86. The van der Waals surface area contributed by atoms with Crippen molar-refractivity contribution in [3.05, 3.63) is 51.2 Å². The van der Waals surface area contributed by atoms with Crippen LogP contribution in [-0.2, 0) is 0 Å². The lowest BCUT2D eigenvalue weighted by molar-refractivity contribution is 0.101. The number of amides is 1. The Labute approximate surface area is 113 Å². The lowest BCUT2D eigenvalue weighted by Crippen LogP contribution is -2.12. The summed E-state index contributed by atoms with van der Waals surface area (Å²) >= 11 is 6.97. The maximum atomic E-state index is 11.9. The van der Waals surface area contributed by atoms with E-state index in [2.05, 4.69) is 5.32 Å². The van der Waals surface area contributed by atoms with Crippen LogP contribution >= 0.6 is 22.9 Å². The number of rotatable bonds is 3. The quantitative estimate of drug-likeness (QED) is 0.867. The summed E-state index contributed by atoms with van der Waals surface area (Å²) in [6.07, 6.45) is 0. The maximum absolute atomic E-state index is 11.9. The van der Waals surface area contributed by atoms with Gasteiger partial charge in [-0.2, -0.15) is 0 Å². The van der Waals surface area contributed by atoms with Gasteiger partial charge in [-0.25, -0.2) is 0 Å². The van der Waals surface area contributed by atoms with Crippen LogP contribution in [0.15, 0.2) is 36.4 Å². The van der Waals surface area contributed by atoms with Gasteiger partial charge in [0.2, 0.25) is 0 Å². The summed E-state index contributed by atoms with van der Waals surface area (Å²) in [6.45, 7) is 1.47. The van der Waals surface area contributed by atoms with Crippen LogP contribution in [-0.4, -0.2) is 11.7 Å². The number of thiophene rings is 1. The zero-order chi connectivity index (χ0) is 13.1. The number of para-hydroxylation sites is 1. The molecule has 0 radical (unpaired) electrons. The van der Waals surface area contributed by atoms with Crippen molar-refractivity contribution >= 4 is 40.3 Å². The number of carbonyl (C=O) groups excluding carboxylic acids is 2. The summed E-state index contributed by atoms with van der Waals surface area (Å²) < 4.78 is 0.556. The number of carbonyl (C=O) groups is 2. The van der Waals surface area contributed by atoms with E-state index in [-0.39, 0.29) is 11.7 Å². The molecule has 1 heterocycles. The zero-order valence-corrected chi connectivity index (χ0v) is 11.1. The van der Waals surface area contributed by atoms with Gasteiger partial charge in [-0.15, -0.1) is 11.3 Å². The van der Waals surface area contributed by atoms with E-state index in [0.29, 0.717) is 20.5 Å². The first-order valence-corrected chi connectivity index (χ1v) is 6.44. The number of hydrogen-bond donors (Lipinski definition) is 1. The highest BCUT2D eigenvalue weighted by atomic mass is 35.5. The summed E-state index contributed by atoms with van der Waals surface area (Å²) in [5, 5.41) is 2.71. The Morgan fingerprint density at radius 2 is 1.89 bits per heavy atom. The Morgan fingerprint density at radius 3 is 2.50 bits per heavy atom. The van der Waals surface area contributed by atoms with E-state index in [4.69, 9.17) is 11.6 Å². The smallest absolute Gasteiger partial charge is 0.265 e. The average molecular weight is 280 g/mol. The van der Waals surface area contributed by atoms with E-state index in [1.54, 1.807) is 36.4 Å². The van der Waals surface area contributed by atoms with E-state index >= 15 is 0 Å². The molecule has 2 aromatic rings. The van der Waals surface area contributed by atoms with Crippen LogP contribution in [0.2, 0.25) is 4.34 Å². The molecule has 0 fully saturated rings. The summed E-state index contributed by atoms with van der Waals surface area (Å²) in [7, 11) is 0. The van der Waals surface area contributed by atoms with Crippen molar-refractivity contribution in [1.82, 2.24) is 0 Å². The van der Waals surface area contributed by atoms with Gasteiger partial charge in [0.05, 0.1) is 14.9 Å². The van der Waals surface area contributed by atoms with Crippen LogP contribution in [0, 0.1) is 0 Å². The minimum Gasteiger partial charge on any atom is -0.321 e. The van der Waals surface area contributed by atoms with Gasteiger partial charge in [-0.05, 0) is 31.2 Å². The van der Waals surface area contributed by atoms with Crippen LogP contribution in [0.3, 0.4) is 0 Å². The molecule has 0 unspecified atom stereocenters. The molecule has 0 atom stereocenters. The lowest BCUT2D eigenvalue weighted by atomic mass is 10.1. The van der Waals surface area contributed by atoms with Crippen molar-refractivity contribution in [2.75, 3.05) is 5.32 Å². The van der Waals surface area contributed by atoms with Crippen LogP contribution in [0.4, 0.5) is 5.69 Å². The summed E-state index contributed by atoms with van der Waals surface area (Å²) in [5.74, 6) is -0.351. The van der Waals surface area contributed by atoms with E-state index in [0.717, 1.165) is 0 Å². The zero-order valence-electron chi connectivity index (χ0n) is 9.57. The van der Waals surface area contributed by atoms with Crippen molar-refractivity contribution in [2.24, 2.45) is 0 Å². The predicted molar refractivity (Wildman–Crippen MR) is 73.7 cm³/mol. The molecular weight excluding hydrogens is 270 g/mol. The van der Waals surface area contributed by atoms with Gasteiger partial charge in [-0.1, -0.05) is 23.7 Å². The molecule has 3 nitrogen and oxygen atoms in total. The first-order valence-electron chi connectivity index (χ1n) is 5.24. The largest absolute Gasteiger partial charge is 0.321 e. The third-order valence-corrected chi connectivity index (χ3v) is 3.58. The lowest BCUT2D eigenvalue weighted by Gasteiger charge is -2.07. The second-order valence-electron chi connectivity index (χ2n) is 3.66. The number of nitrogens with one attached hydrogen (secondary N) is 1. The normalized spacial score (nSPS) is 10.1. The molecule has 18 heavy (non-hydrogen) atoms. The Bertz CT molecular complexity index is 607. The van der Waals surface area contributed by atoms with Gasteiger partial charge in [-0.3, -0.25) is 9.59 Å². The Morgan fingerprint density at radius 1 is 1.17 bits per heavy atom. The topological polar surface area (TPSA) is 46.2 Å². The fourth-order valence-corrected chi connectivity index (χ4v) is 2.46. The molecule has 1 N–H and O–H groups in total. The van der Waals surface area contributed by atoms with Crippen molar-refractivity contribution < 1.29 is 9.59 Å². The Balaban J connectivity index is 2.24. The molecule has 0 aliphatic rings. The van der Waals surface area contributed by atoms with E-state index in [1.165, 1.54) is 18.3 Å². The van der Waals surface area contributed by atoms with Crippen molar-refractivity contribution in [1.29, 1.82) is 0 Å². The molecule has 0 saturated carbocycles. The minimum atomic E-state index is -0.263. The van der Waals surface area contributed by atoms with Crippen LogP contribution in [0.1, 0.15) is 27.0 Å². The van der Waals surface area contributed by atoms with Crippen molar-refractivity contribution in [3.8, 4) is 0 Å². The molecule has 1 amide bonds. The van der Waals surface area contributed by atoms with E-state index in [9.17, 15) is 9.59 Å². The summed E-state index contributed by atoms with van der Waals surface area (Å²) in [5.41, 5.74) is 1.01. The van der Waals surface area contributed by atoms with E-state index in [1.807, 2.05) is 0 Å². The maximum Gasteiger partial charge on any atom is 0.265 e. The Hall–Kier alpha value is -1.65. The first-order chi connectivity index (χ1) is 8.58. The van der Waals surface area contributed by atoms with Crippen LogP contribution < -0.4 is 5.32 Å². The summed E-state index contributed by atoms with van der Waals surface area (Å²) in [4.78, 5) is 23.9. The number of Topliss-reactive ketones (excluding diaryl/α,β-unsaturated/α-hetero) is 1. The fourth-order valence-electron chi connectivity index (χ4n) is 1.52. The number of ketones is 1. The number of hydrogen-bond acceptors (Lipinski definition) is 3. The highest BCUT2D eigenvalue weighted by Crippen LogP contribution is 2.23. The standard InChI is InChI=1S/C13H10ClNO2S/c1-8(16)9-4-2-3-5-10(9)15-13(17)11-6-7-12(14)18-11/h2-7H,1H3,(H,15,17). The molecule has 1 aromatic carbocycles. The monoisotopic (exact) mass is 279 g/mol. The highest BCUT2D eigenvalue weighted by Gasteiger charge is 2.12. The van der Waals surface area contributed by atoms with Gasteiger partial charge in [0.25, 0.3) is 5.91 Å². The molecule has 0 spiro atoms. The minimum absolute atomic E-state index is 0.0879. The first kappa shape index (κ1) is 12.8. The van der Waals surface area contributed by atoms with Gasteiger partial charge >= 0.3 is 0 Å². The van der Waals surface area contributed by atoms with Crippen LogP contribution in [0.5, 0.6) is 0 Å². The molecule has 2 rings (SSSR count). The van der Waals surface area contributed by atoms with Crippen molar-refractivity contribution in [2.45, 2.75) is 6.92 Å². The molecule has 1 aromatic heterocycles. The summed E-state index contributed by atoms with van der Waals surface area (Å²) in [6, 6.07) is 10.2. The number of anilines is 1. The van der Waals surface area contributed by atoms with Gasteiger partial charge in [0, 0.05) is 5.56 Å². The molecule has 0 aliphatic carbocycles. The molecular formula is C13H10ClNO2S. The van der Waals surface area contributed by atoms with Gasteiger partial charge < -0.3 is 5.32 Å². The molecule has 92 valence electrons. The molecule has 0 saturated heterocycles. The SMILES string of the molecule is CC(=O)c1ccccc1NC(=O)c1ccc(Cl)s1. The second-order valence-corrected chi connectivity index (χ2v) is 5.37. The second kappa shape index (κ2) is 5.33. The third-order valence-electron chi connectivity index (χ3n) is 2.35. The number of benzene rings is 1. The fraction of sp³-hybridized carbons (Fsp3) is 0.0769. The van der Waals surface area contributed by atoms with E-state index < -0.39 is 0 Å². The molecule has 0 aliphatic heterocycles. The van der Waals surface area contributed by atoms with Crippen molar-refractivity contribution in [3.63, 3.8) is 0 Å².